The van der Waals surface area contributed by atoms with Gasteiger partial charge in [-0.25, -0.2) is 14.2 Å². The Morgan fingerprint density at radius 2 is 2.28 bits per heavy atom. The summed E-state index contributed by atoms with van der Waals surface area (Å²) in [5, 5.41) is 1.43. The molecule has 0 saturated carbocycles. The summed E-state index contributed by atoms with van der Waals surface area (Å²) in [4.78, 5) is 11.6. The zero-order chi connectivity index (χ0) is 13.1. The molecule has 0 spiro atoms. The molecule has 1 aliphatic heterocycles. The van der Waals surface area contributed by atoms with Crippen LogP contribution in [0.15, 0.2) is 42.2 Å². The molecular formula is C12H10ClFN2O2. The van der Waals surface area contributed by atoms with Crippen molar-refractivity contribution in [2.75, 3.05) is 12.1 Å². The largest absolute Gasteiger partial charge is 0.464 e. The van der Waals surface area contributed by atoms with Gasteiger partial charge in [0.25, 0.3) is 0 Å². The fourth-order valence-electron chi connectivity index (χ4n) is 1.55. The smallest absolute Gasteiger partial charge is 0.356 e. The van der Waals surface area contributed by atoms with Gasteiger partial charge in [-0.2, -0.15) is 0 Å². The summed E-state index contributed by atoms with van der Waals surface area (Å²) < 4.78 is 18.4. The van der Waals surface area contributed by atoms with E-state index in [2.05, 4.69) is 10.2 Å². The maximum absolute atomic E-state index is 13.8. The highest BCUT2D eigenvalue weighted by atomic mass is 35.5. The van der Waals surface area contributed by atoms with E-state index in [0.29, 0.717) is 0 Å². The molecule has 0 aliphatic carbocycles. The van der Waals surface area contributed by atoms with Gasteiger partial charge in [-0.15, -0.1) is 0 Å². The second-order valence-electron chi connectivity index (χ2n) is 3.44. The van der Waals surface area contributed by atoms with Crippen LogP contribution in [-0.4, -0.2) is 13.1 Å². The second-order valence-corrected chi connectivity index (χ2v) is 3.84. The standard InChI is InChI=1S/C12H10ClFN2O2/c1-18-12(17)10-6-3-7-15-16(10)11-8(13)4-2-5-9(11)14/h2-7,15H,1H3. The SMILES string of the molecule is COC(=O)C1=CC=CNN1c1c(F)cccc1Cl. The second kappa shape index (κ2) is 5.10. The van der Waals surface area contributed by atoms with Crippen molar-refractivity contribution in [3.05, 3.63) is 53.1 Å². The van der Waals surface area contributed by atoms with E-state index in [4.69, 9.17) is 11.6 Å². The zero-order valence-electron chi connectivity index (χ0n) is 9.48. The molecule has 94 valence electrons. The lowest BCUT2D eigenvalue weighted by Gasteiger charge is -2.28. The lowest BCUT2D eigenvalue weighted by Crippen LogP contribution is -2.39. The van der Waals surface area contributed by atoms with E-state index < -0.39 is 11.8 Å². The number of nitrogens with zero attached hydrogens (tertiary/aromatic N) is 1. The number of esters is 1. The van der Waals surface area contributed by atoms with Crippen molar-refractivity contribution in [2.45, 2.75) is 0 Å². The van der Waals surface area contributed by atoms with E-state index in [-0.39, 0.29) is 16.4 Å². The van der Waals surface area contributed by atoms with Crippen LogP contribution in [0.3, 0.4) is 0 Å². The van der Waals surface area contributed by atoms with Gasteiger partial charge in [0.2, 0.25) is 0 Å². The van der Waals surface area contributed by atoms with Crippen molar-refractivity contribution in [3.63, 3.8) is 0 Å². The first-order chi connectivity index (χ1) is 8.65. The number of rotatable bonds is 2. The Bertz CT molecular complexity index is 523. The average Bonchev–Trinajstić information content (AvgIpc) is 2.38. The number of methoxy groups -OCH3 is 1. The quantitative estimate of drug-likeness (QED) is 0.836. The summed E-state index contributed by atoms with van der Waals surface area (Å²) in [6.45, 7) is 0. The van der Waals surface area contributed by atoms with Gasteiger partial charge in [0, 0.05) is 6.20 Å². The summed E-state index contributed by atoms with van der Waals surface area (Å²) in [6, 6.07) is 4.29. The number of halogens is 2. The average molecular weight is 269 g/mol. The van der Waals surface area contributed by atoms with Gasteiger partial charge in [0.15, 0.2) is 0 Å². The van der Waals surface area contributed by atoms with E-state index in [1.165, 1.54) is 36.4 Å². The van der Waals surface area contributed by atoms with Gasteiger partial charge in [-0.3, -0.25) is 0 Å². The van der Waals surface area contributed by atoms with Crippen LogP contribution in [0.25, 0.3) is 0 Å². The Labute approximate surface area is 108 Å². The molecule has 0 bridgehead atoms. The fraction of sp³-hybridized carbons (Fsp3) is 0.0833. The van der Waals surface area contributed by atoms with Crippen molar-refractivity contribution >= 4 is 23.3 Å². The number of carbonyl (C=O) groups is 1. The minimum atomic E-state index is -0.592. The number of nitrogens with one attached hydrogen (secondary N) is 1. The molecule has 1 N–H and O–H groups in total. The third kappa shape index (κ3) is 2.17. The van der Waals surface area contributed by atoms with Crippen LogP contribution in [0.4, 0.5) is 10.1 Å². The van der Waals surface area contributed by atoms with Gasteiger partial charge >= 0.3 is 5.97 Å². The Kier molecular flexibility index (Phi) is 3.53. The zero-order valence-corrected chi connectivity index (χ0v) is 10.2. The predicted octanol–water partition coefficient (Wildman–Crippen LogP) is 2.37. The van der Waals surface area contributed by atoms with E-state index in [1.54, 1.807) is 12.3 Å². The van der Waals surface area contributed by atoms with Crippen LogP contribution in [0.2, 0.25) is 5.02 Å². The molecule has 0 aromatic heterocycles. The van der Waals surface area contributed by atoms with Gasteiger partial charge in [0.05, 0.1) is 12.1 Å². The van der Waals surface area contributed by atoms with E-state index in [0.717, 1.165) is 0 Å². The number of hydrogen-bond donors (Lipinski definition) is 1. The van der Waals surface area contributed by atoms with E-state index >= 15 is 0 Å². The van der Waals surface area contributed by atoms with Crippen molar-refractivity contribution in [1.29, 1.82) is 0 Å². The van der Waals surface area contributed by atoms with Crippen LogP contribution >= 0.6 is 11.6 Å². The van der Waals surface area contributed by atoms with Gasteiger partial charge in [-0.05, 0) is 24.3 Å². The summed E-state index contributed by atoms with van der Waals surface area (Å²) in [7, 11) is 1.25. The van der Waals surface area contributed by atoms with Crippen molar-refractivity contribution < 1.29 is 13.9 Å². The molecule has 18 heavy (non-hydrogen) atoms. The molecule has 1 heterocycles. The highest BCUT2D eigenvalue weighted by Gasteiger charge is 2.24. The Morgan fingerprint density at radius 1 is 1.50 bits per heavy atom. The minimum Gasteiger partial charge on any atom is -0.464 e. The Hall–Kier alpha value is -2.01. The molecule has 1 aromatic rings. The van der Waals surface area contributed by atoms with Gasteiger partial charge < -0.3 is 10.2 Å². The van der Waals surface area contributed by atoms with Crippen molar-refractivity contribution in [2.24, 2.45) is 0 Å². The first-order valence-corrected chi connectivity index (χ1v) is 5.48. The predicted molar refractivity (Wildman–Crippen MR) is 66.3 cm³/mol. The van der Waals surface area contributed by atoms with E-state index in [1.807, 2.05) is 0 Å². The molecule has 2 rings (SSSR count). The van der Waals surface area contributed by atoms with Crippen LogP contribution in [0, 0.1) is 5.82 Å². The number of benzene rings is 1. The molecule has 1 aliphatic rings. The summed E-state index contributed by atoms with van der Waals surface area (Å²) >= 11 is 5.95. The topological polar surface area (TPSA) is 41.6 Å². The number of ether oxygens (including phenoxy) is 1. The number of hydrogen-bond acceptors (Lipinski definition) is 4. The minimum absolute atomic E-state index is 0.0696. The van der Waals surface area contributed by atoms with E-state index in [9.17, 15) is 9.18 Å². The molecule has 4 nitrogen and oxygen atoms in total. The number of carbonyl (C=O) groups excluding carboxylic acids is 1. The van der Waals surface area contributed by atoms with Crippen LogP contribution in [0.1, 0.15) is 0 Å². The molecule has 0 unspecified atom stereocenters. The summed E-state index contributed by atoms with van der Waals surface area (Å²) in [5.41, 5.74) is 2.96. The Morgan fingerprint density at radius 3 is 2.94 bits per heavy atom. The molecule has 0 saturated heterocycles. The third-order valence-corrected chi connectivity index (χ3v) is 2.66. The summed E-state index contributed by atoms with van der Waals surface area (Å²) in [6.07, 6.45) is 4.66. The fourth-order valence-corrected chi connectivity index (χ4v) is 1.80. The molecule has 1 aromatic carbocycles. The first-order valence-electron chi connectivity index (χ1n) is 5.10. The molecule has 0 fully saturated rings. The third-order valence-electron chi connectivity index (χ3n) is 2.35. The number of allylic oxidation sites excluding steroid dienone is 2. The highest BCUT2D eigenvalue weighted by molar-refractivity contribution is 6.33. The maximum Gasteiger partial charge on any atom is 0.356 e. The van der Waals surface area contributed by atoms with Crippen LogP contribution in [-0.2, 0) is 9.53 Å². The Balaban J connectivity index is 2.47. The lowest BCUT2D eigenvalue weighted by atomic mass is 10.2. The highest BCUT2D eigenvalue weighted by Crippen LogP contribution is 2.31. The normalized spacial score (nSPS) is 13.9. The van der Waals surface area contributed by atoms with Crippen LogP contribution in [0.5, 0.6) is 0 Å². The first kappa shape index (κ1) is 12.4. The summed E-state index contributed by atoms with van der Waals surface area (Å²) in [5.74, 6) is -1.13. The number of hydrazine groups is 1. The maximum atomic E-state index is 13.8. The van der Waals surface area contributed by atoms with Gasteiger partial charge in [0.1, 0.15) is 17.2 Å². The van der Waals surface area contributed by atoms with Gasteiger partial charge in [-0.1, -0.05) is 17.7 Å². The van der Waals surface area contributed by atoms with Crippen molar-refractivity contribution in [1.82, 2.24) is 5.43 Å². The molecule has 0 atom stereocenters. The van der Waals surface area contributed by atoms with Crippen LogP contribution < -0.4 is 10.4 Å². The number of para-hydroxylation sites is 1. The molecule has 6 heteroatoms. The lowest BCUT2D eigenvalue weighted by molar-refractivity contribution is -0.136. The molecule has 0 amide bonds. The van der Waals surface area contributed by atoms with Crippen molar-refractivity contribution in [3.8, 4) is 0 Å². The molecular weight excluding hydrogens is 259 g/mol. The molecule has 0 radical (unpaired) electrons. The monoisotopic (exact) mass is 268 g/mol. The number of anilines is 1.